The Morgan fingerprint density at radius 1 is 1.47 bits per heavy atom. The Kier molecular flexibility index (Phi) is 4.80. The molecule has 1 fully saturated rings. The standard InChI is InChI=1S/C14H20N4.ClH/c1-15-13-3-2-6-18(10-13)9-11-4-5-12-8-16-17-14(12)7-11;/h4-5,7-8,13,15H,2-3,6,9-10H2,1H3,(H,16,17);1H. The van der Waals surface area contributed by atoms with Gasteiger partial charge in [-0.05, 0) is 38.1 Å². The average Bonchev–Trinajstić information content (AvgIpc) is 2.86. The number of rotatable bonds is 3. The van der Waals surface area contributed by atoms with Crippen molar-refractivity contribution in [3.63, 3.8) is 0 Å². The molecule has 1 aromatic heterocycles. The summed E-state index contributed by atoms with van der Waals surface area (Å²) in [6.07, 6.45) is 4.46. The van der Waals surface area contributed by atoms with Gasteiger partial charge in [0.05, 0.1) is 11.7 Å². The molecule has 1 aromatic carbocycles. The molecule has 1 aliphatic heterocycles. The molecule has 0 spiro atoms. The number of fused-ring (bicyclic) bond motifs is 1. The fourth-order valence-electron chi connectivity index (χ4n) is 2.78. The molecule has 4 nitrogen and oxygen atoms in total. The SMILES string of the molecule is CNC1CCCN(Cc2ccc3cn[nH]c3c2)C1.Cl. The normalized spacial score (nSPS) is 20.4. The van der Waals surface area contributed by atoms with Gasteiger partial charge in [0.2, 0.25) is 0 Å². The summed E-state index contributed by atoms with van der Waals surface area (Å²) < 4.78 is 0. The average molecular weight is 281 g/mol. The zero-order chi connectivity index (χ0) is 12.4. The molecule has 19 heavy (non-hydrogen) atoms. The highest BCUT2D eigenvalue weighted by atomic mass is 35.5. The van der Waals surface area contributed by atoms with Crippen molar-refractivity contribution in [2.45, 2.75) is 25.4 Å². The largest absolute Gasteiger partial charge is 0.316 e. The molecule has 1 saturated heterocycles. The van der Waals surface area contributed by atoms with Crippen LogP contribution in [0, 0.1) is 0 Å². The van der Waals surface area contributed by atoms with Crippen LogP contribution < -0.4 is 5.32 Å². The lowest BCUT2D eigenvalue weighted by Gasteiger charge is -2.32. The van der Waals surface area contributed by atoms with Crippen LogP contribution in [0.25, 0.3) is 10.9 Å². The maximum absolute atomic E-state index is 4.07. The van der Waals surface area contributed by atoms with Gasteiger partial charge >= 0.3 is 0 Å². The van der Waals surface area contributed by atoms with Crippen LogP contribution in [0.2, 0.25) is 0 Å². The van der Waals surface area contributed by atoms with Crippen molar-refractivity contribution in [2.75, 3.05) is 20.1 Å². The number of nitrogens with one attached hydrogen (secondary N) is 2. The van der Waals surface area contributed by atoms with E-state index in [1.807, 2.05) is 6.20 Å². The first-order valence-corrected chi connectivity index (χ1v) is 6.67. The molecule has 0 bridgehead atoms. The fourth-order valence-corrected chi connectivity index (χ4v) is 2.78. The van der Waals surface area contributed by atoms with Crippen LogP contribution in [0.15, 0.2) is 24.4 Å². The number of likely N-dealkylation sites (tertiary alicyclic amines) is 1. The van der Waals surface area contributed by atoms with Gasteiger partial charge in [0.1, 0.15) is 0 Å². The summed E-state index contributed by atoms with van der Waals surface area (Å²) >= 11 is 0. The lowest BCUT2D eigenvalue weighted by molar-refractivity contribution is 0.188. The molecular formula is C14H21ClN4. The van der Waals surface area contributed by atoms with Gasteiger partial charge in [-0.3, -0.25) is 10.00 Å². The van der Waals surface area contributed by atoms with E-state index < -0.39 is 0 Å². The third kappa shape index (κ3) is 3.26. The Hall–Kier alpha value is -1.10. The lowest BCUT2D eigenvalue weighted by Crippen LogP contribution is -2.43. The quantitative estimate of drug-likeness (QED) is 0.906. The summed E-state index contributed by atoms with van der Waals surface area (Å²) in [4.78, 5) is 2.53. The molecule has 104 valence electrons. The summed E-state index contributed by atoms with van der Waals surface area (Å²) in [5.41, 5.74) is 2.50. The minimum Gasteiger partial charge on any atom is -0.316 e. The van der Waals surface area contributed by atoms with E-state index in [1.165, 1.54) is 30.3 Å². The first kappa shape index (κ1) is 14.3. The van der Waals surface area contributed by atoms with Gasteiger partial charge in [-0.25, -0.2) is 0 Å². The van der Waals surface area contributed by atoms with Crippen LogP contribution >= 0.6 is 12.4 Å². The van der Waals surface area contributed by atoms with Gasteiger partial charge in [-0.1, -0.05) is 12.1 Å². The van der Waals surface area contributed by atoms with Crippen LogP contribution in [0.4, 0.5) is 0 Å². The molecule has 5 heteroatoms. The third-order valence-electron chi connectivity index (χ3n) is 3.83. The van der Waals surface area contributed by atoms with Crippen molar-refractivity contribution in [3.05, 3.63) is 30.0 Å². The molecule has 0 amide bonds. The van der Waals surface area contributed by atoms with E-state index in [1.54, 1.807) is 0 Å². The van der Waals surface area contributed by atoms with E-state index in [-0.39, 0.29) is 12.4 Å². The Balaban J connectivity index is 0.00000133. The van der Waals surface area contributed by atoms with Crippen LogP contribution in [-0.4, -0.2) is 41.3 Å². The highest BCUT2D eigenvalue weighted by Gasteiger charge is 2.18. The number of aromatic amines is 1. The number of aromatic nitrogens is 2. The van der Waals surface area contributed by atoms with E-state index in [2.05, 4.69) is 45.7 Å². The number of piperidine rings is 1. The Morgan fingerprint density at radius 2 is 2.37 bits per heavy atom. The van der Waals surface area contributed by atoms with Gasteiger partial charge in [0.15, 0.2) is 0 Å². The molecule has 0 saturated carbocycles. The van der Waals surface area contributed by atoms with Gasteiger partial charge < -0.3 is 5.32 Å². The van der Waals surface area contributed by atoms with E-state index in [0.29, 0.717) is 6.04 Å². The predicted octanol–water partition coefficient (Wildman–Crippen LogP) is 2.17. The number of likely N-dealkylation sites (N-methyl/N-ethyl adjacent to an activating group) is 1. The zero-order valence-electron chi connectivity index (χ0n) is 11.2. The summed E-state index contributed by atoms with van der Waals surface area (Å²) in [5, 5.41) is 11.7. The van der Waals surface area contributed by atoms with Crippen molar-refractivity contribution < 1.29 is 0 Å². The Bertz CT molecular complexity index is 525. The van der Waals surface area contributed by atoms with Crippen molar-refractivity contribution in [3.8, 4) is 0 Å². The molecule has 2 heterocycles. The highest BCUT2D eigenvalue weighted by Crippen LogP contribution is 2.17. The summed E-state index contributed by atoms with van der Waals surface area (Å²) in [6.45, 7) is 3.39. The molecule has 1 aliphatic rings. The number of halogens is 1. The lowest BCUT2D eigenvalue weighted by atomic mass is 10.0. The first-order valence-electron chi connectivity index (χ1n) is 6.67. The summed E-state index contributed by atoms with van der Waals surface area (Å²) in [5.74, 6) is 0. The van der Waals surface area contributed by atoms with Gasteiger partial charge in [-0.2, -0.15) is 5.10 Å². The molecule has 1 unspecified atom stereocenters. The van der Waals surface area contributed by atoms with E-state index in [9.17, 15) is 0 Å². The number of hydrogen-bond donors (Lipinski definition) is 2. The smallest absolute Gasteiger partial charge is 0.0653 e. The zero-order valence-corrected chi connectivity index (χ0v) is 12.0. The van der Waals surface area contributed by atoms with Gasteiger partial charge in [0.25, 0.3) is 0 Å². The van der Waals surface area contributed by atoms with Crippen LogP contribution in [-0.2, 0) is 6.54 Å². The van der Waals surface area contributed by atoms with E-state index >= 15 is 0 Å². The predicted molar refractivity (Wildman–Crippen MR) is 80.7 cm³/mol. The molecular weight excluding hydrogens is 260 g/mol. The number of benzene rings is 1. The van der Waals surface area contributed by atoms with Crippen molar-refractivity contribution in [2.24, 2.45) is 0 Å². The van der Waals surface area contributed by atoms with Crippen molar-refractivity contribution in [1.29, 1.82) is 0 Å². The Morgan fingerprint density at radius 3 is 3.21 bits per heavy atom. The molecule has 1 atom stereocenters. The third-order valence-corrected chi connectivity index (χ3v) is 3.83. The molecule has 2 N–H and O–H groups in total. The van der Waals surface area contributed by atoms with E-state index in [4.69, 9.17) is 0 Å². The minimum absolute atomic E-state index is 0. The maximum atomic E-state index is 4.07. The van der Waals surface area contributed by atoms with Gasteiger partial charge in [-0.15, -0.1) is 12.4 Å². The number of H-pyrrole nitrogens is 1. The highest BCUT2D eigenvalue weighted by molar-refractivity contribution is 5.85. The number of nitrogens with zero attached hydrogens (tertiary/aromatic N) is 2. The molecule has 0 radical (unpaired) electrons. The first-order chi connectivity index (χ1) is 8.85. The second kappa shape index (κ2) is 6.37. The van der Waals surface area contributed by atoms with Crippen LogP contribution in [0.1, 0.15) is 18.4 Å². The maximum Gasteiger partial charge on any atom is 0.0653 e. The van der Waals surface area contributed by atoms with Crippen LogP contribution in [0.5, 0.6) is 0 Å². The van der Waals surface area contributed by atoms with Crippen LogP contribution in [0.3, 0.4) is 0 Å². The van der Waals surface area contributed by atoms with Crippen molar-refractivity contribution >= 4 is 23.3 Å². The summed E-state index contributed by atoms with van der Waals surface area (Å²) in [7, 11) is 2.06. The molecule has 2 aromatic rings. The van der Waals surface area contributed by atoms with Gasteiger partial charge in [0, 0.05) is 24.5 Å². The second-order valence-corrected chi connectivity index (χ2v) is 5.15. The van der Waals surface area contributed by atoms with Crippen molar-refractivity contribution in [1.82, 2.24) is 20.4 Å². The molecule has 0 aliphatic carbocycles. The topological polar surface area (TPSA) is 44.0 Å². The number of hydrogen-bond acceptors (Lipinski definition) is 3. The molecule has 3 rings (SSSR count). The minimum atomic E-state index is 0. The second-order valence-electron chi connectivity index (χ2n) is 5.15. The Labute approximate surface area is 120 Å². The fraction of sp³-hybridized carbons (Fsp3) is 0.500. The monoisotopic (exact) mass is 280 g/mol. The summed E-state index contributed by atoms with van der Waals surface area (Å²) in [6, 6.07) is 7.22. The van der Waals surface area contributed by atoms with E-state index in [0.717, 1.165) is 18.6 Å².